The van der Waals surface area contributed by atoms with Crippen LogP contribution in [0.1, 0.15) is 10.4 Å². The summed E-state index contributed by atoms with van der Waals surface area (Å²) in [7, 11) is 3.95. The van der Waals surface area contributed by atoms with Gasteiger partial charge in [-0.25, -0.2) is 4.79 Å². The molecule has 0 fully saturated rings. The molecule has 116 valence electrons. The lowest BCUT2D eigenvalue weighted by atomic mass is 10.1. The average molecular weight is 309 g/mol. The average Bonchev–Trinajstić information content (AvgIpc) is 3.05. The molecule has 23 heavy (non-hydrogen) atoms. The van der Waals surface area contributed by atoms with Gasteiger partial charge in [-0.1, -0.05) is 17.3 Å². The lowest BCUT2D eigenvalue weighted by Crippen LogP contribution is -2.07. The van der Waals surface area contributed by atoms with Crippen molar-refractivity contribution >= 4 is 11.7 Å². The van der Waals surface area contributed by atoms with Crippen LogP contribution in [0.3, 0.4) is 0 Å². The van der Waals surface area contributed by atoms with Crippen LogP contribution in [0, 0.1) is 0 Å². The number of hydrogen-bond acceptors (Lipinski definition) is 5. The fourth-order valence-electron chi connectivity index (χ4n) is 2.12. The molecular formula is C17H15N3O3. The van der Waals surface area contributed by atoms with Crippen molar-refractivity contribution in [3.05, 3.63) is 54.1 Å². The van der Waals surface area contributed by atoms with Crippen LogP contribution >= 0.6 is 0 Å². The van der Waals surface area contributed by atoms with Gasteiger partial charge in [0.2, 0.25) is 5.82 Å². The number of nitrogens with zero attached hydrogens (tertiary/aromatic N) is 3. The molecular weight excluding hydrogens is 294 g/mol. The van der Waals surface area contributed by atoms with Gasteiger partial charge >= 0.3 is 5.97 Å². The van der Waals surface area contributed by atoms with E-state index in [-0.39, 0.29) is 5.56 Å². The minimum Gasteiger partial charge on any atom is -0.478 e. The molecule has 0 aliphatic rings. The van der Waals surface area contributed by atoms with Crippen molar-refractivity contribution < 1.29 is 14.4 Å². The van der Waals surface area contributed by atoms with Gasteiger partial charge in [0, 0.05) is 30.9 Å². The Morgan fingerprint density at radius 1 is 1.00 bits per heavy atom. The molecule has 0 atom stereocenters. The summed E-state index contributed by atoms with van der Waals surface area (Å²) < 4.78 is 5.29. The van der Waals surface area contributed by atoms with E-state index in [2.05, 4.69) is 10.1 Å². The number of aromatic nitrogens is 2. The van der Waals surface area contributed by atoms with Crippen LogP contribution < -0.4 is 4.90 Å². The van der Waals surface area contributed by atoms with Gasteiger partial charge in [0.25, 0.3) is 5.89 Å². The summed E-state index contributed by atoms with van der Waals surface area (Å²) in [6.45, 7) is 0. The second kappa shape index (κ2) is 5.92. The number of hydrogen-bond donors (Lipinski definition) is 1. The Morgan fingerprint density at radius 3 is 2.17 bits per heavy atom. The maximum atomic E-state index is 10.9. The van der Waals surface area contributed by atoms with E-state index in [0.717, 1.165) is 11.3 Å². The molecule has 1 heterocycles. The number of anilines is 1. The van der Waals surface area contributed by atoms with Gasteiger partial charge in [-0.05, 0) is 36.4 Å². The fraction of sp³-hybridized carbons (Fsp3) is 0.118. The standard InChI is InChI=1S/C17H15N3O3/c1-20(2)14-9-7-12(8-10-14)16-18-15(19-23-16)11-3-5-13(6-4-11)17(21)22/h3-10H,1-2H3,(H,21,22). The van der Waals surface area contributed by atoms with Crippen molar-refractivity contribution in [2.75, 3.05) is 19.0 Å². The highest BCUT2D eigenvalue weighted by Gasteiger charge is 2.11. The number of benzene rings is 2. The lowest BCUT2D eigenvalue weighted by Gasteiger charge is -2.11. The van der Waals surface area contributed by atoms with Crippen LogP contribution in [0.25, 0.3) is 22.8 Å². The van der Waals surface area contributed by atoms with E-state index in [1.54, 1.807) is 12.1 Å². The van der Waals surface area contributed by atoms with Crippen molar-refractivity contribution in [2.45, 2.75) is 0 Å². The Morgan fingerprint density at radius 2 is 1.61 bits per heavy atom. The molecule has 0 unspecified atom stereocenters. The molecule has 0 amide bonds. The predicted molar refractivity (Wildman–Crippen MR) is 86.5 cm³/mol. The molecule has 6 nitrogen and oxygen atoms in total. The molecule has 0 saturated heterocycles. The largest absolute Gasteiger partial charge is 0.478 e. The van der Waals surface area contributed by atoms with E-state index in [4.69, 9.17) is 9.63 Å². The van der Waals surface area contributed by atoms with Crippen molar-refractivity contribution in [3.8, 4) is 22.8 Å². The highest BCUT2D eigenvalue weighted by atomic mass is 16.5. The van der Waals surface area contributed by atoms with Crippen molar-refractivity contribution in [1.29, 1.82) is 0 Å². The maximum absolute atomic E-state index is 10.9. The summed E-state index contributed by atoms with van der Waals surface area (Å²) in [5.41, 5.74) is 2.83. The Balaban J connectivity index is 1.86. The van der Waals surface area contributed by atoms with Crippen molar-refractivity contribution in [3.63, 3.8) is 0 Å². The number of carboxylic acids is 1. The third-order valence-electron chi connectivity index (χ3n) is 3.45. The normalized spacial score (nSPS) is 10.5. The van der Waals surface area contributed by atoms with E-state index < -0.39 is 5.97 Å². The Bertz CT molecular complexity index is 821. The van der Waals surface area contributed by atoms with Crippen LogP contribution in [0.2, 0.25) is 0 Å². The zero-order chi connectivity index (χ0) is 16.4. The molecule has 0 aliphatic heterocycles. The number of rotatable bonds is 4. The molecule has 1 N–H and O–H groups in total. The van der Waals surface area contributed by atoms with Gasteiger partial charge in [-0.2, -0.15) is 4.98 Å². The summed E-state index contributed by atoms with van der Waals surface area (Å²) in [5, 5.41) is 12.9. The number of aromatic carboxylic acids is 1. The van der Waals surface area contributed by atoms with Crippen LogP contribution in [0.15, 0.2) is 53.1 Å². The van der Waals surface area contributed by atoms with Crippen LogP contribution in [0.4, 0.5) is 5.69 Å². The van der Waals surface area contributed by atoms with Gasteiger partial charge in [-0.15, -0.1) is 0 Å². The minimum absolute atomic E-state index is 0.219. The first-order valence-corrected chi connectivity index (χ1v) is 7.00. The summed E-state index contributed by atoms with van der Waals surface area (Å²) >= 11 is 0. The van der Waals surface area contributed by atoms with Crippen LogP contribution in [0.5, 0.6) is 0 Å². The SMILES string of the molecule is CN(C)c1ccc(-c2nc(-c3ccc(C(=O)O)cc3)no2)cc1. The molecule has 6 heteroatoms. The third kappa shape index (κ3) is 3.06. The highest BCUT2D eigenvalue weighted by Crippen LogP contribution is 2.24. The summed E-state index contributed by atoms with van der Waals surface area (Å²) in [6.07, 6.45) is 0. The van der Waals surface area contributed by atoms with Gasteiger partial charge in [0.15, 0.2) is 0 Å². The van der Waals surface area contributed by atoms with Crippen molar-refractivity contribution in [1.82, 2.24) is 10.1 Å². The highest BCUT2D eigenvalue weighted by molar-refractivity contribution is 5.88. The van der Waals surface area contributed by atoms with Gasteiger partial charge < -0.3 is 14.5 Å². The molecule has 0 aliphatic carbocycles. The molecule has 0 saturated carbocycles. The first-order chi connectivity index (χ1) is 11.0. The lowest BCUT2D eigenvalue weighted by molar-refractivity contribution is 0.0697. The van der Waals surface area contributed by atoms with E-state index in [0.29, 0.717) is 17.3 Å². The quantitative estimate of drug-likeness (QED) is 0.797. The topological polar surface area (TPSA) is 79.5 Å². The third-order valence-corrected chi connectivity index (χ3v) is 3.45. The smallest absolute Gasteiger partial charge is 0.335 e. The summed E-state index contributed by atoms with van der Waals surface area (Å²) in [5.74, 6) is -0.118. The molecule has 2 aromatic carbocycles. The first-order valence-electron chi connectivity index (χ1n) is 7.00. The fourth-order valence-corrected chi connectivity index (χ4v) is 2.12. The van der Waals surface area contributed by atoms with E-state index >= 15 is 0 Å². The Hall–Kier alpha value is -3.15. The van der Waals surface area contributed by atoms with Crippen molar-refractivity contribution in [2.24, 2.45) is 0 Å². The van der Waals surface area contributed by atoms with Gasteiger partial charge in [-0.3, -0.25) is 0 Å². The summed E-state index contributed by atoms with van der Waals surface area (Å²) in [6, 6.07) is 14.1. The van der Waals surface area contributed by atoms with Crippen LogP contribution in [-0.2, 0) is 0 Å². The van der Waals surface area contributed by atoms with E-state index in [1.165, 1.54) is 12.1 Å². The molecule has 0 radical (unpaired) electrons. The van der Waals surface area contributed by atoms with Gasteiger partial charge in [0.1, 0.15) is 0 Å². The van der Waals surface area contributed by atoms with E-state index in [1.807, 2.05) is 43.3 Å². The minimum atomic E-state index is -0.966. The first kappa shape index (κ1) is 14.8. The van der Waals surface area contributed by atoms with Gasteiger partial charge in [0.05, 0.1) is 5.56 Å². The maximum Gasteiger partial charge on any atom is 0.335 e. The molecule has 3 aromatic rings. The number of carbonyl (C=O) groups is 1. The Kier molecular flexibility index (Phi) is 3.80. The molecule has 0 spiro atoms. The zero-order valence-electron chi connectivity index (χ0n) is 12.7. The number of carboxylic acid groups (broad SMARTS) is 1. The second-order valence-corrected chi connectivity index (χ2v) is 5.25. The molecule has 0 bridgehead atoms. The van der Waals surface area contributed by atoms with E-state index in [9.17, 15) is 4.79 Å². The summed E-state index contributed by atoms with van der Waals surface area (Å²) in [4.78, 5) is 17.2. The second-order valence-electron chi connectivity index (χ2n) is 5.25. The Labute approximate surface area is 133 Å². The van der Waals surface area contributed by atoms with Crippen LogP contribution in [-0.4, -0.2) is 35.3 Å². The molecule has 1 aromatic heterocycles. The molecule has 3 rings (SSSR count). The zero-order valence-corrected chi connectivity index (χ0v) is 12.7. The monoisotopic (exact) mass is 309 g/mol. The predicted octanol–water partition coefficient (Wildman–Crippen LogP) is 3.17.